The molecule has 0 saturated heterocycles. The molecule has 1 rings (SSSR count). The Hall–Kier alpha value is -2.37. The molecular formula is C22H34O6. The molecule has 0 saturated carbocycles. The highest BCUT2D eigenvalue weighted by molar-refractivity contribution is 5.88. The molecule has 0 aromatic heterocycles. The lowest BCUT2D eigenvalue weighted by molar-refractivity contribution is -0.134. The number of ether oxygens (including phenoxy) is 5. The highest BCUT2D eigenvalue weighted by atomic mass is 16.6. The van der Waals surface area contributed by atoms with Crippen LogP contribution in [-0.4, -0.2) is 39.5 Å². The van der Waals surface area contributed by atoms with Crippen molar-refractivity contribution in [1.29, 1.82) is 0 Å². The molecule has 0 radical (unpaired) electrons. The van der Waals surface area contributed by atoms with Gasteiger partial charge in [-0.05, 0) is 37.8 Å². The third kappa shape index (κ3) is 7.33. The number of esters is 1. The molecule has 6 nitrogen and oxygen atoms in total. The minimum atomic E-state index is -0.445. The van der Waals surface area contributed by atoms with Crippen LogP contribution in [0.5, 0.6) is 23.0 Å². The molecule has 0 fully saturated rings. The van der Waals surface area contributed by atoms with Crippen molar-refractivity contribution in [3.63, 3.8) is 0 Å². The van der Waals surface area contributed by atoms with E-state index in [9.17, 15) is 4.79 Å². The van der Waals surface area contributed by atoms with Crippen LogP contribution in [0.25, 0.3) is 6.08 Å². The number of hydrogen-bond acceptors (Lipinski definition) is 6. The van der Waals surface area contributed by atoms with Crippen LogP contribution in [0.15, 0.2) is 12.1 Å². The van der Waals surface area contributed by atoms with Crippen LogP contribution >= 0.6 is 0 Å². The fourth-order valence-electron chi connectivity index (χ4n) is 2.32. The van der Waals surface area contributed by atoms with E-state index >= 15 is 0 Å². The summed E-state index contributed by atoms with van der Waals surface area (Å²) in [6.07, 6.45) is 6.40. The van der Waals surface area contributed by atoms with Crippen LogP contribution in [0, 0.1) is 0 Å². The maximum atomic E-state index is 11.6. The molecule has 0 spiro atoms. The first-order valence-corrected chi connectivity index (χ1v) is 10.1. The Labute approximate surface area is 168 Å². The molecule has 0 aliphatic heterocycles. The van der Waals surface area contributed by atoms with E-state index in [0.29, 0.717) is 55.0 Å². The number of carbonyl (C=O) groups is 1. The van der Waals surface area contributed by atoms with E-state index < -0.39 is 5.97 Å². The van der Waals surface area contributed by atoms with E-state index in [4.69, 9.17) is 23.7 Å². The first kappa shape index (κ1) is 23.7. The second-order valence-corrected chi connectivity index (χ2v) is 6.20. The predicted octanol–water partition coefficient (Wildman–Crippen LogP) is 5.03. The van der Waals surface area contributed by atoms with Crippen LogP contribution in [-0.2, 0) is 9.53 Å². The summed E-state index contributed by atoms with van der Waals surface area (Å²) < 4.78 is 28.6. The second-order valence-electron chi connectivity index (χ2n) is 6.20. The lowest BCUT2D eigenvalue weighted by Crippen LogP contribution is -2.08. The molecule has 1 aromatic carbocycles. The number of rotatable bonds is 14. The van der Waals surface area contributed by atoms with Crippen molar-refractivity contribution in [1.82, 2.24) is 0 Å². The van der Waals surface area contributed by atoms with Crippen LogP contribution in [0.2, 0.25) is 0 Å². The van der Waals surface area contributed by atoms with Gasteiger partial charge in [0, 0.05) is 11.6 Å². The van der Waals surface area contributed by atoms with E-state index in [1.165, 1.54) is 13.2 Å². The summed E-state index contributed by atoms with van der Waals surface area (Å²) in [4.78, 5) is 11.6. The van der Waals surface area contributed by atoms with Crippen LogP contribution < -0.4 is 18.9 Å². The van der Waals surface area contributed by atoms with E-state index in [0.717, 1.165) is 25.7 Å². The van der Waals surface area contributed by atoms with Crippen LogP contribution in [0.1, 0.15) is 58.9 Å². The van der Waals surface area contributed by atoms with E-state index in [1.54, 1.807) is 6.08 Å². The third-order valence-corrected chi connectivity index (χ3v) is 3.60. The second kappa shape index (κ2) is 13.7. The van der Waals surface area contributed by atoms with E-state index in [-0.39, 0.29) is 0 Å². The molecule has 0 atom stereocenters. The highest BCUT2D eigenvalue weighted by Gasteiger charge is 2.23. The van der Waals surface area contributed by atoms with Gasteiger partial charge in [0.1, 0.15) is 0 Å². The smallest absolute Gasteiger partial charge is 0.330 e. The van der Waals surface area contributed by atoms with Gasteiger partial charge < -0.3 is 23.7 Å². The largest absolute Gasteiger partial charge is 0.490 e. The first-order chi connectivity index (χ1) is 13.6. The number of benzene rings is 1. The van der Waals surface area contributed by atoms with Crippen molar-refractivity contribution in [2.45, 2.75) is 53.4 Å². The van der Waals surface area contributed by atoms with Gasteiger partial charge in [0.15, 0.2) is 11.5 Å². The van der Waals surface area contributed by atoms with Gasteiger partial charge in [-0.15, -0.1) is 0 Å². The van der Waals surface area contributed by atoms with Gasteiger partial charge in [0.2, 0.25) is 11.5 Å². The normalized spacial score (nSPS) is 10.8. The summed E-state index contributed by atoms with van der Waals surface area (Å²) in [7, 11) is 1.34. The van der Waals surface area contributed by atoms with Gasteiger partial charge in [-0.3, -0.25) is 0 Å². The predicted molar refractivity (Wildman–Crippen MR) is 111 cm³/mol. The minimum Gasteiger partial charge on any atom is -0.490 e. The molecule has 158 valence electrons. The van der Waals surface area contributed by atoms with Crippen molar-refractivity contribution in [2.75, 3.05) is 33.5 Å². The molecule has 0 N–H and O–H groups in total. The Kier molecular flexibility index (Phi) is 11.6. The highest BCUT2D eigenvalue weighted by Crippen LogP contribution is 2.48. The molecule has 0 bridgehead atoms. The number of methoxy groups -OCH3 is 1. The minimum absolute atomic E-state index is 0.445. The van der Waals surface area contributed by atoms with Crippen molar-refractivity contribution in [3.8, 4) is 23.0 Å². The molecule has 0 aliphatic rings. The summed E-state index contributed by atoms with van der Waals surface area (Å²) >= 11 is 0. The van der Waals surface area contributed by atoms with Crippen molar-refractivity contribution >= 4 is 12.0 Å². The standard InChI is InChI=1S/C22H34O6/c1-6-12-25-18-16-17(10-11-19(23)24-5)20(26-13-7-2)22(28-15-9-4)21(18)27-14-8-3/h10-11,16H,6-9,12-15H2,1-5H3. The van der Waals surface area contributed by atoms with E-state index in [1.807, 2.05) is 33.8 Å². The topological polar surface area (TPSA) is 63.2 Å². The molecule has 1 aromatic rings. The van der Waals surface area contributed by atoms with Gasteiger partial charge >= 0.3 is 5.97 Å². The number of carbonyl (C=O) groups excluding carboxylic acids is 1. The van der Waals surface area contributed by atoms with Crippen LogP contribution in [0.4, 0.5) is 0 Å². The molecule has 6 heteroatoms. The van der Waals surface area contributed by atoms with Crippen molar-refractivity contribution < 1.29 is 28.5 Å². The van der Waals surface area contributed by atoms with Crippen molar-refractivity contribution in [3.05, 3.63) is 17.7 Å². The van der Waals surface area contributed by atoms with Gasteiger partial charge in [-0.2, -0.15) is 0 Å². The summed E-state index contributed by atoms with van der Waals surface area (Å²) in [5.74, 6) is 1.74. The summed E-state index contributed by atoms with van der Waals surface area (Å²) in [5, 5.41) is 0. The maximum absolute atomic E-state index is 11.6. The quantitative estimate of drug-likeness (QED) is 0.326. The fourth-order valence-corrected chi connectivity index (χ4v) is 2.32. The Bertz CT molecular complexity index is 624. The third-order valence-electron chi connectivity index (χ3n) is 3.60. The zero-order chi connectivity index (χ0) is 20.8. The monoisotopic (exact) mass is 394 g/mol. The average Bonchev–Trinajstić information content (AvgIpc) is 2.72. The Balaban J connectivity index is 3.55. The zero-order valence-electron chi connectivity index (χ0n) is 17.8. The van der Waals surface area contributed by atoms with Gasteiger partial charge in [-0.25, -0.2) is 4.79 Å². The molecule has 0 heterocycles. The molecule has 0 aliphatic carbocycles. The molecule has 0 unspecified atom stereocenters. The molecule has 0 amide bonds. The Morgan fingerprint density at radius 1 is 0.786 bits per heavy atom. The average molecular weight is 395 g/mol. The molecule has 28 heavy (non-hydrogen) atoms. The zero-order valence-corrected chi connectivity index (χ0v) is 17.8. The maximum Gasteiger partial charge on any atom is 0.330 e. The Morgan fingerprint density at radius 3 is 1.82 bits per heavy atom. The first-order valence-electron chi connectivity index (χ1n) is 10.1. The van der Waals surface area contributed by atoms with E-state index in [2.05, 4.69) is 0 Å². The Morgan fingerprint density at radius 2 is 1.29 bits per heavy atom. The fraction of sp³-hybridized carbons (Fsp3) is 0.591. The summed E-state index contributed by atoms with van der Waals surface area (Å²) in [6.45, 7) is 10.3. The SMILES string of the molecule is CCCOc1cc(C=CC(=O)OC)c(OCCC)c(OCCC)c1OCCC. The summed E-state index contributed by atoms with van der Waals surface area (Å²) in [5.41, 5.74) is 0.680. The summed E-state index contributed by atoms with van der Waals surface area (Å²) in [6, 6.07) is 1.82. The molecular weight excluding hydrogens is 360 g/mol. The lowest BCUT2D eigenvalue weighted by atomic mass is 10.1. The van der Waals surface area contributed by atoms with Crippen molar-refractivity contribution in [2.24, 2.45) is 0 Å². The lowest BCUT2D eigenvalue weighted by Gasteiger charge is -2.21. The van der Waals surface area contributed by atoms with Gasteiger partial charge in [0.05, 0.1) is 33.5 Å². The van der Waals surface area contributed by atoms with Gasteiger partial charge in [0.25, 0.3) is 0 Å². The van der Waals surface area contributed by atoms with Crippen LogP contribution in [0.3, 0.4) is 0 Å². The number of hydrogen-bond donors (Lipinski definition) is 0. The van der Waals surface area contributed by atoms with Gasteiger partial charge in [-0.1, -0.05) is 27.7 Å².